The first-order valence-corrected chi connectivity index (χ1v) is 6.61. The predicted molar refractivity (Wildman–Crippen MR) is 81.4 cm³/mol. The molecule has 0 aliphatic rings. The lowest BCUT2D eigenvalue weighted by molar-refractivity contribution is -0.121. The SMILES string of the molecule is O=C(Cn1nnc2ccccc21)N/N=C\c1cccc(O)c1. The number of aromatic hydroxyl groups is 1. The van der Waals surface area contributed by atoms with E-state index in [0.717, 1.165) is 11.0 Å². The standard InChI is InChI=1S/C15H13N5O2/c21-12-5-3-4-11(8-12)9-16-18-15(22)10-20-14-7-2-1-6-13(14)17-19-20/h1-9,21H,10H2,(H,18,22)/b16-9-. The zero-order valence-corrected chi connectivity index (χ0v) is 11.5. The van der Waals surface area contributed by atoms with Crippen LogP contribution in [0.1, 0.15) is 5.56 Å². The summed E-state index contributed by atoms with van der Waals surface area (Å²) in [6.07, 6.45) is 1.46. The summed E-state index contributed by atoms with van der Waals surface area (Å²) in [6.45, 7) is 0.0257. The number of hydrogen-bond acceptors (Lipinski definition) is 5. The van der Waals surface area contributed by atoms with Crippen LogP contribution in [-0.2, 0) is 11.3 Å². The van der Waals surface area contributed by atoms with Crippen LogP contribution in [0.2, 0.25) is 0 Å². The molecule has 0 atom stereocenters. The van der Waals surface area contributed by atoms with Crippen LogP contribution in [0.5, 0.6) is 5.75 Å². The molecule has 0 saturated carbocycles. The number of rotatable bonds is 4. The molecule has 2 N–H and O–H groups in total. The molecular weight excluding hydrogens is 282 g/mol. The van der Waals surface area contributed by atoms with Crippen molar-refractivity contribution in [3.63, 3.8) is 0 Å². The molecule has 7 nitrogen and oxygen atoms in total. The van der Waals surface area contributed by atoms with Crippen molar-refractivity contribution in [3.8, 4) is 5.75 Å². The smallest absolute Gasteiger partial charge is 0.261 e. The maximum absolute atomic E-state index is 11.8. The number of phenolic OH excluding ortho intramolecular Hbond substituents is 1. The lowest BCUT2D eigenvalue weighted by atomic mass is 10.2. The second kappa shape index (κ2) is 6.04. The first-order valence-electron chi connectivity index (χ1n) is 6.61. The van der Waals surface area contributed by atoms with Crippen LogP contribution in [0.15, 0.2) is 53.6 Å². The molecule has 0 spiro atoms. The summed E-state index contributed by atoms with van der Waals surface area (Å²) in [5, 5.41) is 21.1. The Morgan fingerprint density at radius 3 is 3.00 bits per heavy atom. The molecular formula is C15H13N5O2. The van der Waals surface area contributed by atoms with E-state index in [9.17, 15) is 9.90 Å². The van der Waals surface area contributed by atoms with Crippen LogP contribution >= 0.6 is 0 Å². The molecule has 3 rings (SSSR count). The van der Waals surface area contributed by atoms with Crippen LogP contribution in [-0.4, -0.2) is 32.2 Å². The molecule has 1 aromatic heterocycles. The maximum atomic E-state index is 11.8. The van der Waals surface area contributed by atoms with Gasteiger partial charge in [0.2, 0.25) is 0 Å². The van der Waals surface area contributed by atoms with E-state index in [0.29, 0.717) is 5.56 Å². The number of amides is 1. The Kier molecular flexibility index (Phi) is 3.78. The Labute approximate surface area is 125 Å². The Morgan fingerprint density at radius 2 is 2.14 bits per heavy atom. The van der Waals surface area contributed by atoms with Crippen LogP contribution in [0, 0.1) is 0 Å². The van der Waals surface area contributed by atoms with Crippen molar-refractivity contribution in [2.75, 3.05) is 0 Å². The number of carbonyl (C=O) groups is 1. The number of fused-ring (bicyclic) bond motifs is 1. The lowest BCUT2D eigenvalue weighted by Gasteiger charge is -2.01. The minimum atomic E-state index is -0.313. The van der Waals surface area contributed by atoms with Gasteiger partial charge in [-0.05, 0) is 29.8 Å². The topological polar surface area (TPSA) is 92.4 Å². The van der Waals surface area contributed by atoms with Crippen LogP contribution in [0.4, 0.5) is 0 Å². The number of nitrogens with zero attached hydrogens (tertiary/aromatic N) is 4. The molecule has 0 unspecified atom stereocenters. The average molecular weight is 295 g/mol. The van der Waals surface area contributed by atoms with Gasteiger partial charge in [-0.1, -0.05) is 29.5 Å². The Hall–Kier alpha value is -3.22. The van der Waals surface area contributed by atoms with Gasteiger partial charge in [0.05, 0.1) is 11.7 Å². The summed E-state index contributed by atoms with van der Waals surface area (Å²) in [5.41, 5.74) is 4.62. The molecule has 0 saturated heterocycles. The van der Waals surface area contributed by atoms with Gasteiger partial charge in [-0.25, -0.2) is 10.1 Å². The van der Waals surface area contributed by atoms with Gasteiger partial charge in [-0.15, -0.1) is 5.10 Å². The fraction of sp³-hybridized carbons (Fsp3) is 0.0667. The second-order valence-electron chi connectivity index (χ2n) is 4.62. The van der Waals surface area contributed by atoms with E-state index in [-0.39, 0.29) is 18.2 Å². The van der Waals surface area contributed by atoms with E-state index in [2.05, 4.69) is 20.8 Å². The van der Waals surface area contributed by atoms with Crippen molar-refractivity contribution in [1.82, 2.24) is 20.4 Å². The normalized spacial score (nSPS) is 11.1. The van der Waals surface area contributed by atoms with E-state index in [4.69, 9.17) is 0 Å². The van der Waals surface area contributed by atoms with Gasteiger partial charge in [0, 0.05) is 0 Å². The monoisotopic (exact) mass is 295 g/mol. The molecule has 1 amide bonds. The fourth-order valence-corrected chi connectivity index (χ4v) is 1.99. The summed E-state index contributed by atoms with van der Waals surface area (Å²) in [7, 11) is 0. The third kappa shape index (κ3) is 3.09. The minimum absolute atomic E-state index is 0.0257. The second-order valence-corrected chi connectivity index (χ2v) is 4.62. The quantitative estimate of drug-likeness (QED) is 0.560. The van der Waals surface area contributed by atoms with Crippen molar-refractivity contribution in [2.24, 2.45) is 5.10 Å². The van der Waals surface area contributed by atoms with Crippen LogP contribution < -0.4 is 5.43 Å². The van der Waals surface area contributed by atoms with Gasteiger partial charge in [-0.2, -0.15) is 5.10 Å². The molecule has 0 radical (unpaired) electrons. The predicted octanol–water partition coefficient (Wildman–Crippen LogP) is 1.29. The highest BCUT2D eigenvalue weighted by atomic mass is 16.3. The third-order valence-electron chi connectivity index (χ3n) is 2.99. The van der Waals surface area contributed by atoms with Crippen molar-refractivity contribution in [3.05, 3.63) is 54.1 Å². The number of hydrogen-bond donors (Lipinski definition) is 2. The summed E-state index contributed by atoms with van der Waals surface area (Å²) in [5.74, 6) is -0.170. The van der Waals surface area contributed by atoms with Crippen molar-refractivity contribution < 1.29 is 9.90 Å². The minimum Gasteiger partial charge on any atom is -0.508 e. The molecule has 2 aromatic carbocycles. The first kappa shape index (κ1) is 13.7. The highest BCUT2D eigenvalue weighted by Gasteiger charge is 2.07. The lowest BCUT2D eigenvalue weighted by Crippen LogP contribution is -2.23. The molecule has 7 heteroatoms. The number of carbonyl (C=O) groups excluding carboxylic acids is 1. The molecule has 3 aromatic rings. The fourth-order valence-electron chi connectivity index (χ4n) is 1.99. The van der Waals surface area contributed by atoms with Gasteiger partial charge < -0.3 is 5.11 Å². The van der Waals surface area contributed by atoms with Gasteiger partial charge in [0.15, 0.2) is 0 Å². The van der Waals surface area contributed by atoms with E-state index < -0.39 is 0 Å². The number of phenols is 1. The number of benzene rings is 2. The maximum Gasteiger partial charge on any atom is 0.261 e. The number of hydrazone groups is 1. The van der Waals surface area contributed by atoms with Crippen molar-refractivity contribution in [2.45, 2.75) is 6.54 Å². The summed E-state index contributed by atoms with van der Waals surface area (Å²) < 4.78 is 1.51. The van der Waals surface area contributed by atoms with E-state index in [1.54, 1.807) is 24.3 Å². The van der Waals surface area contributed by atoms with E-state index in [1.165, 1.54) is 10.9 Å². The Bertz CT molecular complexity index is 841. The Balaban J connectivity index is 1.63. The number of nitrogens with one attached hydrogen (secondary N) is 1. The summed E-state index contributed by atoms with van der Waals surface area (Å²) in [6, 6.07) is 14.0. The van der Waals surface area contributed by atoms with E-state index in [1.807, 2.05) is 24.3 Å². The zero-order valence-electron chi connectivity index (χ0n) is 11.5. The number of aromatic nitrogens is 3. The average Bonchev–Trinajstić information content (AvgIpc) is 2.91. The van der Waals surface area contributed by atoms with Gasteiger partial charge in [-0.3, -0.25) is 4.79 Å². The summed E-state index contributed by atoms with van der Waals surface area (Å²) >= 11 is 0. The Morgan fingerprint density at radius 1 is 1.27 bits per heavy atom. The zero-order chi connectivity index (χ0) is 15.4. The number of para-hydroxylation sites is 1. The largest absolute Gasteiger partial charge is 0.508 e. The van der Waals surface area contributed by atoms with Crippen molar-refractivity contribution >= 4 is 23.2 Å². The molecule has 0 aliphatic carbocycles. The molecule has 22 heavy (non-hydrogen) atoms. The van der Waals surface area contributed by atoms with Crippen LogP contribution in [0.3, 0.4) is 0 Å². The molecule has 0 aliphatic heterocycles. The highest BCUT2D eigenvalue weighted by Crippen LogP contribution is 2.09. The van der Waals surface area contributed by atoms with Crippen molar-refractivity contribution in [1.29, 1.82) is 0 Å². The van der Waals surface area contributed by atoms with Gasteiger partial charge >= 0.3 is 0 Å². The molecule has 1 heterocycles. The van der Waals surface area contributed by atoms with Gasteiger partial charge in [0.25, 0.3) is 5.91 Å². The molecule has 0 fully saturated rings. The third-order valence-corrected chi connectivity index (χ3v) is 2.99. The van der Waals surface area contributed by atoms with E-state index >= 15 is 0 Å². The molecule has 0 bridgehead atoms. The first-order chi connectivity index (χ1) is 10.7. The highest BCUT2D eigenvalue weighted by molar-refractivity contribution is 5.83. The van der Waals surface area contributed by atoms with Crippen LogP contribution in [0.25, 0.3) is 11.0 Å². The molecule has 110 valence electrons. The van der Waals surface area contributed by atoms with Gasteiger partial charge in [0.1, 0.15) is 17.8 Å². The summed E-state index contributed by atoms with van der Waals surface area (Å²) in [4.78, 5) is 11.8.